The molecular formula is C24H36O2. The van der Waals surface area contributed by atoms with Gasteiger partial charge in [-0.15, -0.1) is 0 Å². The fraction of sp³-hybridized carbons (Fsp3) is 0.833. The van der Waals surface area contributed by atoms with Gasteiger partial charge in [-0.1, -0.05) is 37.1 Å². The van der Waals surface area contributed by atoms with Crippen LogP contribution in [0.2, 0.25) is 0 Å². The molecule has 0 aromatic carbocycles. The number of aliphatic hydroxyl groups is 2. The number of aliphatic hydroxyl groups excluding tert-OH is 2. The van der Waals surface area contributed by atoms with Crippen LogP contribution < -0.4 is 0 Å². The van der Waals surface area contributed by atoms with Gasteiger partial charge < -0.3 is 10.2 Å². The van der Waals surface area contributed by atoms with Crippen molar-refractivity contribution in [1.82, 2.24) is 0 Å². The van der Waals surface area contributed by atoms with Gasteiger partial charge in [0.25, 0.3) is 0 Å². The quantitative estimate of drug-likeness (QED) is 0.649. The van der Waals surface area contributed by atoms with Gasteiger partial charge in [-0.2, -0.15) is 0 Å². The molecule has 0 bridgehead atoms. The number of fused-ring (bicyclic) bond motifs is 5. The zero-order chi connectivity index (χ0) is 18.1. The van der Waals surface area contributed by atoms with Crippen LogP contribution in [-0.2, 0) is 0 Å². The van der Waals surface area contributed by atoms with Crippen molar-refractivity contribution in [3.05, 3.63) is 23.3 Å². The first-order chi connectivity index (χ1) is 12.4. The maximum absolute atomic E-state index is 11.2. The Kier molecular flexibility index (Phi) is 4.00. The molecule has 5 rings (SSSR count). The molecule has 0 spiro atoms. The van der Waals surface area contributed by atoms with E-state index in [0.717, 1.165) is 25.2 Å². The molecule has 0 heterocycles. The Labute approximate surface area is 158 Å². The highest BCUT2D eigenvalue weighted by Crippen LogP contribution is 2.65. The van der Waals surface area contributed by atoms with Crippen LogP contribution >= 0.6 is 0 Å². The van der Waals surface area contributed by atoms with Gasteiger partial charge in [0.1, 0.15) is 0 Å². The molecule has 2 N–H and O–H groups in total. The topological polar surface area (TPSA) is 40.5 Å². The third kappa shape index (κ3) is 2.30. The predicted molar refractivity (Wildman–Crippen MR) is 105 cm³/mol. The van der Waals surface area contributed by atoms with E-state index < -0.39 is 0 Å². The molecule has 26 heavy (non-hydrogen) atoms. The van der Waals surface area contributed by atoms with Gasteiger partial charge >= 0.3 is 0 Å². The zero-order valence-electron chi connectivity index (χ0n) is 16.6. The van der Waals surface area contributed by atoms with E-state index in [-0.39, 0.29) is 23.0 Å². The molecule has 0 radical (unpaired) electrons. The monoisotopic (exact) mass is 356 g/mol. The summed E-state index contributed by atoms with van der Waals surface area (Å²) in [5, 5.41) is 21.8. The normalized spacial score (nSPS) is 53.4. The van der Waals surface area contributed by atoms with Crippen LogP contribution in [0.4, 0.5) is 0 Å². The molecular weight excluding hydrogens is 320 g/mol. The fourth-order valence-corrected chi connectivity index (χ4v) is 8.00. The van der Waals surface area contributed by atoms with E-state index in [2.05, 4.69) is 26.0 Å². The van der Waals surface area contributed by atoms with E-state index in [1.54, 1.807) is 11.1 Å². The molecule has 0 amide bonds. The van der Waals surface area contributed by atoms with Gasteiger partial charge in [0.15, 0.2) is 0 Å². The number of allylic oxidation sites excluding steroid dienone is 3. The molecule has 2 nitrogen and oxygen atoms in total. The largest absolute Gasteiger partial charge is 0.393 e. The Morgan fingerprint density at radius 2 is 1.85 bits per heavy atom. The first-order valence-corrected chi connectivity index (χ1v) is 11.2. The van der Waals surface area contributed by atoms with Crippen LogP contribution in [0, 0.1) is 34.5 Å². The third-order valence-electron chi connectivity index (χ3n) is 9.68. The molecule has 3 unspecified atom stereocenters. The molecule has 3 saturated carbocycles. The van der Waals surface area contributed by atoms with Gasteiger partial charge in [-0.3, -0.25) is 0 Å². The second-order valence-corrected chi connectivity index (χ2v) is 10.6. The van der Waals surface area contributed by atoms with Crippen LogP contribution in [0.3, 0.4) is 0 Å². The summed E-state index contributed by atoms with van der Waals surface area (Å²) in [6.07, 6.45) is 16.4. The van der Waals surface area contributed by atoms with Gasteiger partial charge in [-0.05, 0) is 98.7 Å². The van der Waals surface area contributed by atoms with Gasteiger partial charge in [0.05, 0.1) is 12.2 Å². The van der Waals surface area contributed by atoms with Crippen LogP contribution in [0.5, 0.6) is 0 Å². The number of hydrogen-bond acceptors (Lipinski definition) is 2. The Morgan fingerprint density at radius 3 is 2.62 bits per heavy atom. The summed E-state index contributed by atoms with van der Waals surface area (Å²) in [5.41, 5.74) is 3.60. The van der Waals surface area contributed by atoms with Crippen molar-refractivity contribution in [3.63, 3.8) is 0 Å². The maximum Gasteiger partial charge on any atom is 0.0757 e. The molecule has 2 heteroatoms. The summed E-state index contributed by atoms with van der Waals surface area (Å²) < 4.78 is 0. The van der Waals surface area contributed by atoms with E-state index in [0.29, 0.717) is 17.8 Å². The highest BCUT2D eigenvalue weighted by molar-refractivity contribution is 5.30. The minimum Gasteiger partial charge on any atom is -0.393 e. The molecule has 144 valence electrons. The summed E-state index contributed by atoms with van der Waals surface area (Å²) in [4.78, 5) is 0. The van der Waals surface area contributed by atoms with Crippen molar-refractivity contribution in [2.75, 3.05) is 0 Å². The summed E-state index contributed by atoms with van der Waals surface area (Å²) in [6.45, 7) is 4.80. The van der Waals surface area contributed by atoms with Crippen molar-refractivity contribution >= 4 is 0 Å². The molecule has 8 atom stereocenters. The van der Waals surface area contributed by atoms with Gasteiger partial charge in [0.2, 0.25) is 0 Å². The Bertz CT molecular complexity index is 649. The van der Waals surface area contributed by atoms with Crippen LogP contribution in [0.1, 0.15) is 78.1 Å². The van der Waals surface area contributed by atoms with Gasteiger partial charge in [0, 0.05) is 0 Å². The van der Waals surface area contributed by atoms with E-state index in [1.165, 1.54) is 44.9 Å². The Morgan fingerprint density at radius 1 is 1.00 bits per heavy atom. The minimum atomic E-state index is -0.297. The second kappa shape index (κ2) is 5.95. The van der Waals surface area contributed by atoms with Crippen LogP contribution in [-0.4, -0.2) is 22.4 Å². The van der Waals surface area contributed by atoms with Crippen LogP contribution in [0.15, 0.2) is 23.3 Å². The highest BCUT2D eigenvalue weighted by Gasteiger charge is 2.60. The summed E-state index contributed by atoms with van der Waals surface area (Å²) in [7, 11) is 0. The second-order valence-electron chi connectivity index (χ2n) is 10.6. The lowest BCUT2D eigenvalue weighted by atomic mass is 9.46. The molecule has 0 saturated heterocycles. The SMILES string of the molecule is C[C@]12CC[C@H](C3=CCCC3)CC1=C[C@@H](O)C1C2CC[C@@]2(C)C1CC[C@@H]2O. The lowest BCUT2D eigenvalue weighted by Gasteiger charge is -2.59. The summed E-state index contributed by atoms with van der Waals surface area (Å²) >= 11 is 0. The maximum atomic E-state index is 11.2. The molecule has 0 aliphatic heterocycles. The van der Waals surface area contributed by atoms with Crippen molar-refractivity contribution in [1.29, 1.82) is 0 Å². The van der Waals surface area contributed by atoms with E-state index in [9.17, 15) is 10.2 Å². The summed E-state index contributed by atoms with van der Waals surface area (Å²) in [6, 6.07) is 0. The smallest absolute Gasteiger partial charge is 0.0757 e. The van der Waals surface area contributed by atoms with E-state index in [4.69, 9.17) is 0 Å². The molecule has 0 aromatic heterocycles. The molecule has 5 aliphatic rings. The molecule has 3 fully saturated rings. The van der Waals surface area contributed by atoms with E-state index in [1.807, 2.05) is 0 Å². The average Bonchev–Trinajstić information content (AvgIpc) is 3.24. The lowest BCUT2D eigenvalue weighted by molar-refractivity contribution is -0.102. The lowest BCUT2D eigenvalue weighted by Crippen LogP contribution is -2.54. The van der Waals surface area contributed by atoms with Crippen molar-refractivity contribution < 1.29 is 10.2 Å². The summed E-state index contributed by atoms with van der Waals surface area (Å²) in [5.74, 6) is 2.21. The van der Waals surface area contributed by atoms with Gasteiger partial charge in [-0.25, -0.2) is 0 Å². The predicted octanol–water partition coefficient (Wildman–Crippen LogP) is 5.01. The van der Waals surface area contributed by atoms with E-state index >= 15 is 0 Å². The third-order valence-corrected chi connectivity index (χ3v) is 9.68. The van der Waals surface area contributed by atoms with Crippen molar-refractivity contribution in [2.45, 2.75) is 90.3 Å². The molecule has 0 aromatic rings. The standard InChI is InChI=1S/C24H36O2/c1-23-11-9-16(15-5-3-4-6-15)13-17(23)14-20(25)22-18-7-8-21(26)24(18,2)12-10-19(22)23/h5,14,16,18-22,25-26H,3-4,6-13H2,1-2H3/t16-,18?,19?,20+,21-,22?,23-,24-/m0/s1. The first kappa shape index (κ1) is 17.5. The number of rotatable bonds is 1. The molecule has 5 aliphatic carbocycles. The van der Waals surface area contributed by atoms with Crippen LogP contribution in [0.25, 0.3) is 0 Å². The minimum absolute atomic E-state index is 0.0374. The fourth-order valence-electron chi connectivity index (χ4n) is 8.00. The Hall–Kier alpha value is -0.600. The van der Waals surface area contributed by atoms with Crippen molar-refractivity contribution in [2.24, 2.45) is 34.5 Å². The Balaban J connectivity index is 1.46. The highest BCUT2D eigenvalue weighted by atomic mass is 16.3. The number of hydrogen-bond donors (Lipinski definition) is 2. The first-order valence-electron chi connectivity index (χ1n) is 11.2. The van der Waals surface area contributed by atoms with Crippen molar-refractivity contribution in [3.8, 4) is 0 Å². The average molecular weight is 357 g/mol. The zero-order valence-corrected chi connectivity index (χ0v) is 16.6.